The van der Waals surface area contributed by atoms with Gasteiger partial charge in [-0.05, 0) is 13.0 Å². The molecular formula is C8H9NO. The molecule has 52 valence electrons. The highest BCUT2D eigenvalue weighted by Gasteiger charge is 2.03. The van der Waals surface area contributed by atoms with E-state index in [2.05, 4.69) is 4.57 Å². The molecule has 2 aromatic heterocycles. The normalized spacial score (nSPS) is 11.0. The van der Waals surface area contributed by atoms with Crippen molar-refractivity contribution in [2.24, 2.45) is 7.05 Å². The predicted molar refractivity (Wildman–Crippen MR) is 39.9 cm³/mol. The second kappa shape index (κ2) is 1.66. The lowest BCUT2D eigenvalue weighted by Gasteiger charge is -1.89. The van der Waals surface area contributed by atoms with Crippen LogP contribution in [0.15, 0.2) is 22.9 Å². The quantitative estimate of drug-likeness (QED) is 0.540. The van der Waals surface area contributed by atoms with E-state index in [0.717, 1.165) is 5.58 Å². The van der Waals surface area contributed by atoms with Crippen LogP contribution in [-0.2, 0) is 7.05 Å². The van der Waals surface area contributed by atoms with Crippen LogP contribution in [0.25, 0.3) is 11.1 Å². The molecule has 2 nitrogen and oxygen atoms in total. The molecule has 0 atom stereocenters. The van der Waals surface area contributed by atoms with Gasteiger partial charge in [-0.15, -0.1) is 0 Å². The van der Waals surface area contributed by atoms with Gasteiger partial charge in [-0.2, -0.15) is 0 Å². The predicted octanol–water partition coefficient (Wildman–Crippen LogP) is 2.08. The zero-order valence-corrected chi connectivity index (χ0v) is 6.09. The number of nitrogens with zero attached hydrogens (tertiary/aromatic N) is 1. The second-order valence-corrected chi connectivity index (χ2v) is 2.56. The molecule has 10 heavy (non-hydrogen) atoms. The van der Waals surface area contributed by atoms with Crippen molar-refractivity contribution in [1.29, 1.82) is 0 Å². The summed E-state index contributed by atoms with van der Waals surface area (Å²) in [5, 5.41) is 0. The molecule has 0 aromatic carbocycles. The molecule has 2 rings (SSSR count). The molecule has 0 spiro atoms. The number of hydrogen-bond acceptors (Lipinski definition) is 1. The number of fused-ring (bicyclic) bond motifs is 1. The summed E-state index contributed by atoms with van der Waals surface area (Å²) >= 11 is 0. The van der Waals surface area contributed by atoms with E-state index in [1.807, 2.05) is 26.2 Å². The molecule has 0 fully saturated rings. The third kappa shape index (κ3) is 0.533. The van der Waals surface area contributed by atoms with Crippen molar-refractivity contribution in [3.63, 3.8) is 0 Å². The molecule has 0 amide bonds. The molecule has 2 aromatic rings. The standard InChI is InChI=1S/C8H9NO/c1-6-5-10-7-3-4-9(2)8(6)7/h3-5H,1-2H3. The maximum Gasteiger partial charge on any atom is 0.151 e. The average molecular weight is 135 g/mol. The molecule has 2 heteroatoms. The molecule has 0 aliphatic rings. The summed E-state index contributed by atoms with van der Waals surface area (Å²) in [7, 11) is 2.02. The Bertz CT molecular complexity index is 325. The molecule has 0 N–H and O–H groups in total. The maximum absolute atomic E-state index is 5.25. The van der Waals surface area contributed by atoms with Crippen molar-refractivity contribution < 1.29 is 4.42 Å². The Morgan fingerprint density at radius 1 is 1.50 bits per heavy atom. The monoisotopic (exact) mass is 135 g/mol. The number of rotatable bonds is 0. The highest BCUT2D eigenvalue weighted by molar-refractivity contribution is 5.77. The Labute approximate surface area is 59.1 Å². The van der Waals surface area contributed by atoms with E-state index in [1.54, 1.807) is 6.26 Å². The lowest BCUT2D eigenvalue weighted by atomic mass is 10.3. The van der Waals surface area contributed by atoms with Crippen LogP contribution in [0.1, 0.15) is 5.56 Å². The SMILES string of the molecule is Cc1coc2ccn(C)c12. The minimum absolute atomic E-state index is 0.972. The largest absolute Gasteiger partial charge is 0.462 e. The molecule has 0 aliphatic carbocycles. The first-order valence-corrected chi connectivity index (χ1v) is 3.28. The Morgan fingerprint density at radius 3 is 3.00 bits per heavy atom. The Morgan fingerprint density at radius 2 is 2.30 bits per heavy atom. The van der Waals surface area contributed by atoms with Crippen LogP contribution in [0.4, 0.5) is 0 Å². The molecule has 0 bridgehead atoms. The first kappa shape index (κ1) is 5.59. The second-order valence-electron chi connectivity index (χ2n) is 2.56. The van der Waals surface area contributed by atoms with Crippen LogP contribution in [0.5, 0.6) is 0 Å². The van der Waals surface area contributed by atoms with Gasteiger partial charge in [0.1, 0.15) is 0 Å². The number of furan rings is 1. The Hall–Kier alpha value is -1.18. The highest BCUT2D eigenvalue weighted by Crippen LogP contribution is 2.19. The van der Waals surface area contributed by atoms with E-state index in [1.165, 1.54) is 11.1 Å². The van der Waals surface area contributed by atoms with E-state index >= 15 is 0 Å². The van der Waals surface area contributed by atoms with E-state index in [-0.39, 0.29) is 0 Å². The Balaban J connectivity index is 2.98. The van der Waals surface area contributed by atoms with Crippen molar-refractivity contribution in [3.8, 4) is 0 Å². The van der Waals surface area contributed by atoms with E-state index in [4.69, 9.17) is 4.42 Å². The number of aromatic nitrogens is 1. The molecule has 2 heterocycles. The summed E-state index contributed by atoms with van der Waals surface area (Å²) in [6.45, 7) is 2.05. The van der Waals surface area contributed by atoms with Gasteiger partial charge in [0.25, 0.3) is 0 Å². The van der Waals surface area contributed by atoms with Crippen LogP contribution < -0.4 is 0 Å². The van der Waals surface area contributed by atoms with Crippen LogP contribution in [0.2, 0.25) is 0 Å². The van der Waals surface area contributed by atoms with Crippen molar-refractivity contribution in [1.82, 2.24) is 4.57 Å². The van der Waals surface area contributed by atoms with Gasteiger partial charge in [0.2, 0.25) is 0 Å². The van der Waals surface area contributed by atoms with Gasteiger partial charge in [-0.25, -0.2) is 0 Å². The average Bonchev–Trinajstić information content (AvgIpc) is 2.40. The van der Waals surface area contributed by atoms with Crippen LogP contribution in [0, 0.1) is 6.92 Å². The maximum atomic E-state index is 5.25. The summed E-state index contributed by atoms with van der Waals surface area (Å²) in [5.41, 5.74) is 3.36. The smallest absolute Gasteiger partial charge is 0.151 e. The van der Waals surface area contributed by atoms with E-state index < -0.39 is 0 Å². The molecule has 0 saturated heterocycles. The van der Waals surface area contributed by atoms with Gasteiger partial charge in [0, 0.05) is 18.8 Å². The highest BCUT2D eigenvalue weighted by atomic mass is 16.3. The first-order valence-electron chi connectivity index (χ1n) is 3.28. The molecule has 0 radical (unpaired) electrons. The van der Waals surface area contributed by atoms with Gasteiger partial charge >= 0.3 is 0 Å². The van der Waals surface area contributed by atoms with E-state index in [9.17, 15) is 0 Å². The fraction of sp³-hybridized carbons (Fsp3) is 0.250. The van der Waals surface area contributed by atoms with Crippen molar-refractivity contribution in [3.05, 3.63) is 24.1 Å². The van der Waals surface area contributed by atoms with Crippen LogP contribution in [0.3, 0.4) is 0 Å². The van der Waals surface area contributed by atoms with Crippen molar-refractivity contribution in [2.75, 3.05) is 0 Å². The molecule has 0 unspecified atom stereocenters. The summed E-state index contributed by atoms with van der Waals surface area (Å²) < 4.78 is 7.31. The summed E-state index contributed by atoms with van der Waals surface area (Å²) in [6.07, 6.45) is 3.78. The van der Waals surface area contributed by atoms with E-state index in [0.29, 0.717) is 0 Å². The van der Waals surface area contributed by atoms with Gasteiger partial charge in [-0.3, -0.25) is 0 Å². The van der Waals surface area contributed by atoms with Crippen molar-refractivity contribution >= 4 is 11.1 Å². The molecular weight excluding hydrogens is 126 g/mol. The number of aryl methyl sites for hydroxylation is 2. The minimum atomic E-state index is 0.972. The van der Waals surface area contributed by atoms with Crippen LogP contribution >= 0.6 is 0 Å². The number of hydrogen-bond donors (Lipinski definition) is 0. The minimum Gasteiger partial charge on any atom is -0.462 e. The summed E-state index contributed by atoms with van der Waals surface area (Å²) in [5.74, 6) is 0. The van der Waals surface area contributed by atoms with Gasteiger partial charge in [0.05, 0.1) is 11.8 Å². The lowest BCUT2D eigenvalue weighted by molar-refractivity contribution is 0.613. The lowest BCUT2D eigenvalue weighted by Crippen LogP contribution is -1.82. The summed E-state index contributed by atoms with van der Waals surface area (Å²) in [6, 6.07) is 1.97. The zero-order chi connectivity index (χ0) is 7.14. The van der Waals surface area contributed by atoms with Gasteiger partial charge < -0.3 is 8.98 Å². The van der Waals surface area contributed by atoms with Gasteiger partial charge in [0.15, 0.2) is 5.58 Å². The van der Waals surface area contributed by atoms with Gasteiger partial charge in [-0.1, -0.05) is 0 Å². The fourth-order valence-corrected chi connectivity index (χ4v) is 1.28. The fourth-order valence-electron chi connectivity index (χ4n) is 1.28. The topological polar surface area (TPSA) is 18.1 Å². The third-order valence-corrected chi connectivity index (χ3v) is 1.77. The molecule has 0 saturated carbocycles. The first-order chi connectivity index (χ1) is 4.79. The summed E-state index contributed by atoms with van der Waals surface area (Å²) in [4.78, 5) is 0. The third-order valence-electron chi connectivity index (χ3n) is 1.77. The van der Waals surface area contributed by atoms with Crippen molar-refractivity contribution in [2.45, 2.75) is 6.92 Å². The van der Waals surface area contributed by atoms with Crippen LogP contribution in [-0.4, -0.2) is 4.57 Å². The molecule has 0 aliphatic heterocycles. The Kier molecular flexibility index (Phi) is 0.926. The zero-order valence-electron chi connectivity index (χ0n) is 6.09.